The molecule has 1 aromatic carbocycles. The van der Waals surface area contributed by atoms with Gasteiger partial charge in [-0.25, -0.2) is 4.39 Å². The first-order valence-electron chi connectivity index (χ1n) is 7.53. The van der Waals surface area contributed by atoms with Gasteiger partial charge in [-0.3, -0.25) is 0 Å². The van der Waals surface area contributed by atoms with Gasteiger partial charge >= 0.3 is 0 Å². The maximum Gasteiger partial charge on any atom is 0.201 e. The van der Waals surface area contributed by atoms with Crippen LogP contribution < -0.4 is 4.74 Å². The highest BCUT2D eigenvalue weighted by atomic mass is 19.2. The average Bonchev–Trinajstić information content (AvgIpc) is 3.13. The Bertz CT molecular complexity index is 500. The van der Waals surface area contributed by atoms with Gasteiger partial charge in [0.15, 0.2) is 11.6 Å². The molecule has 0 aromatic heterocycles. The molecule has 0 unspecified atom stereocenters. The molecule has 2 aliphatic rings. The van der Waals surface area contributed by atoms with Gasteiger partial charge in [-0.1, -0.05) is 25.0 Å². The molecule has 0 spiro atoms. The summed E-state index contributed by atoms with van der Waals surface area (Å²) in [4.78, 5) is 0. The summed E-state index contributed by atoms with van der Waals surface area (Å²) in [6.07, 6.45) is 10.6. The van der Waals surface area contributed by atoms with Crippen LogP contribution in [-0.2, 0) is 0 Å². The Morgan fingerprint density at radius 3 is 2.50 bits per heavy atom. The summed E-state index contributed by atoms with van der Waals surface area (Å²) in [6, 6.07) is 3.14. The molecule has 1 aromatic rings. The van der Waals surface area contributed by atoms with E-state index in [1.807, 2.05) is 6.08 Å². The van der Waals surface area contributed by atoms with Crippen LogP contribution in [0.1, 0.15) is 44.1 Å². The first kappa shape index (κ1) is 13.6. The predicted octanol–water partition coefficient (Wildman–Crippen LogP) is 4.96. The molecule has 0 radical (unpaired) electrons. The number of ether oxygens (including phenoxy) is 1. The minimum Gasteiger partial charge on any atom is -0.490 e. The molecule has 20 heavy (non-hydrogen) atoms. The third-order valence-electron chi connectivity index (χ3n) is 4.20. The van der Waals surface area contributed by atoms with Gasteiger partial charge in [0, 0.05) is 5.56 Å². The zero-order chi connectivity index (χ0) is 13.9. The number of halogens is 2. The molecule has 3 heteroatoms. The van der Waals surface area contributed by atoms with Crippen molar-refractivity contribution in [3.05, 3.63) is 35.4 Å². The minimum absolute atomic E-state index is 0.0398. The first-order chi connectivity index (χ1) is 9.74. The quantitative estimate of drug-likeness (QED) is 0.740. The van der Waals surface area contributed by atoms with Crippen LogP contribution in [0, 0.1) is 23.5 Å². The van der Waals surface area contributed by atoms with E-state index in [2.05, 4.69) is 0 Å². The molecular formula is C17H20F2O. The van der Waals surface area contributed by atoms with E-state index in [0.717, 1.165) is 25.7 Å². The predicted molar refractivity (Wildman–Crippen MR) is 75.6 cm³/mol. The molecule has 1 nitrogen and oxygen atoms in total. The summed E-state index contributed by atoms with van der Waals surface area (Å²) >= 11 is 0. The second kappa shape index (κ2) is 5.94. The lowest BCUT2D eigenvalue weighted by Crippen LogP contribution is -2.09. The van der Waals surface area contributed by atoms with Crippen LogP contribution in [0.2, 0.25) is 0 Å². The second-order valence-corrected chi connectivity index (χ2v) is 5.94. The van der Waals surface area contributed by atoms with E-state index >= 15 is 0 Å². The Morgan fingerprint density at radius 2 is 1.80 bits per heavy atom. The molecule has 0 saturated heterocycles. The van der Waals surface area contributed by atoms with Crippen molar-refractivity contribution in [2.75, 3.05) is 6.61 Å². The van der Waals surface area contributed by atoms with Crippen LogP contribution in [0.4, 0.5) is 8.78 Å². The van der Waals surface area contributed by atoms with Crippen LogP contribution in [0.25, 0.3) is 6.08 Å². The van der Waals surface area contributed by atoms with E-state index < -0.39 is 11.6 Å². The first-order valence-corrected chi connectivity index (χ1v) is 7.53. The van der Waals surface area contributed by atoms with Gasteiger partial charge in [0.25, 0.3) is 0 Å². The van der Waals surface area contributed by atoms with Crippen LogP contribution in [0.15, 0.2) is 18.2 Å². The second-order valence-electron chi connectivity index (χ2n) is 5.94. The van der Waals surface area contributed by atoms with Gasteiger partial charge in [0.1, 0.15) is 0 Å². The Labute approximate surface area is 118 Å². The molecule has 0 amide bonds. The number of benzene rings is 1. The normalized spacial score (nSPS) is 19.9. The Hall–Kier alpha value is -1.38. The molecule has 0 atom stereocenters. The van der Waals surface area contributed by atoms with E-state index in [-0.39, 0.29) is 5.75 Å². The van der Waals surface area contributed by atoms with E-state index in [1.165, 1.54) is 12.8 Å². The summed E-state index contributed by atoms with van der Waals surface area (Å²) in [5, 5.41) is 0. The zero-order valence-corrected chi connectivity index (χ0v) is 11.6. The van der Waals surface area contributed by atoms with Crippen LogP contribution in [0.5, 0.6) is 5.75 Å². The third-order valence-corrected chi connectivity index (χ3v) is 4.20. The van der Waals surface area contributed by atoms with Crippen molar-refractivity contribution in [2.24, 2.45) is 11.8 Å². The van der Waals surface area contributed by atoms with Gasteiger partial charge in [-0.2, -0.15) is 4.39 Å². The highest BCUT2D eigenvalue weighted by Gasteiger charge is 2.20. The molecule has 2 fully saturated rings. The lowest BCUT2D eigenvalue weighted by atomic mass is 10.1. The fourth-order valence-electron chi connectivity index (χ4n) is 2.70. The summed E-state index contributed by atoms with van der Waals surface area (Å²) < 4.78 is 33.3. The summed E-state index contributed by atoms with van der Waals surface area (Å²) in [5.74, 6) is -0.576. The topological polar surface area (TPSA) is 9.23 Å². The Balaban J connectivity index is 1.66. The Morgan fingerprint density at radius 1 is 1.05 bits per heavy atom. The SMILES string of the molecule is Fc1c(/C=C/C2CC2)ccc(OCC2CCCC2)c1F. The number of allylic oxidation sites excluding steroid dienone is 1. The van der Waals surface area contributed by atoms with Gasteiger partial charge in [-0.05, 0) is 49.7 Å². The van der Waals surface area contributed by atoms with Gasteiger partial charge < -0.3 is 4.74 Å². The van der Waals surface area contributed by atoms with Crippen molar-refractivity contribution in [1.29, 1.82) is 0 Å². The number of rotatable bonds is 5. The molecular weight excluding hydrogens is 258 g/mol. The molecule has 3 rings (SSSR count). The van der Waals surface area contributed by atoms with E-state index in [4.69, 9.17) is 4.74 Å². The van der Waals surface area contributed by atoms with Crippen LogP contribution in [-0.4, -0.2) is 6.61 Å². The molecule has 2 saturated carbocycles. The average molecular weight is 278 g/mol. The summed E-state index contributed by atoms with van der Waals surface area (Å²) in [5.41, 5.74) is 0.308. The van der Waals surface area contributed by atoms with E-state index in [9.17, 15) is 8.78 Å². The van der Waals surface area contributed by atoms with Gasteiger partial charge in [0.2, 0.25) is 5.82 Å². The lowest BCUT2D eigenvalue weighted by Gasteiger charge is -2.12. The van der Waals surface area contributed by atoms with Crippen molar-refractivity contribution in [1.82, 2.24) is 0 Å². The fourth-order valence-corrected chi connectivity index (χ4v) is 2.70. The Kier molecular flexibility index (Phi) is 4.04. The van der Waals surface area contributed by atoms with E-state index in [1.54, 1.807) is 18.2 Å². The van der Waals surface area contributed by atoms with Crippen molar-refractivity contribution in [2.45, 2.75) is 38.5 Å². The maximum absolute atomic E-state index is 13.9. The zero-order valence-electron chi connectivity index (χ0n) is 11.6. The lowest BCUT2D eigenvalue weighted by molar-refractivity contribution is 0.239. The van der Waals surface area contributed by atoms with Crippen molar-refractivity contribution >= 4 is 6.08 Å². The van der Waals surface area contributed by atoms with Gasteiger partial charge in [-0.15, -0.1) is 0 Å². The van der Waals surface area contributed by atoms with Crippen LogP contribution in [0.3, 0.4) is 0 Å². The molecule has 0 N–H and O–H groups in total. The van der Waals surface area contributed by atoms with Crippen molar-refractivity contribution in [3.63, 3.8) is 0 Å². The van der Waals surface area contributed by atoms with Crippen molar-refractivity contribution < 1.29 is 13.5 Å². The van der Waals surface area contributed by atoms with Crippen LogP contribution >= 0.6 is 0 Å². The van der Waals surface area contributed by atoms with Gasteiger partial charge in [0.05, 0.1) is 6.61 Å². The number of hydrogen-bond acceptors (Lipinski definition) is 1. The minimum atomic E-state index is -0.860. The largest absolute Gasteiger partial charge is 0.490 e. The monoisotopic (exact) mass is 278 g/mol. The fraction of sp³-hybridized carbons (Fsp3) is 0.529. The summed E-state index contributed by atoms with van der Waals surface area (Å²) in [7, 11) is 0. The smallest absolute Gasteiger partial charge is 0.201 e. The number of hydrogen-bond donors (Lipinski definition) is 0. The highest BCUT2D eigenvalue weighted by Crippen LogP contribution is 2.32. The van der Waals surface area contributed by atoms with E-state index in [0.29, 0.717) is 24.0 Å². The molecule has 108 valence electrons. The maximum atomic E-state index is 13.9. The molecule has 0 aliphatic heterocycles. The third kappa shape index (κ3) is 3.20. The summed E-state index contributed by atoms with van der Waals surface area (Å²) in [6.45, 7) is 0.494. The molecule has 0 bridgehead atoms. The highest BCUT2D eigenvalue weighted by molar-refractivity contribution is 5.52. The van der Waals surface area contributed by atoms with Crippen molar-refractivity contribution in [3.8, 4) is 5.75 Å². The standard InChI is InChI=1S/C17H20F2O/c18-16-14(8-7-12-5-6-12)9-10-15(17(16)19)20-11-13-3-1-2-4-13/h7-10,12-13H,1-6,11H2/b8-7+. The molecule has 2 aliphatic carbocycles. The molecule has 0 heterocycles.